The normalized spacial score (nSPS) is 20.0. The Labute approximate surface area is 112 Å². The Balaban J connectivity index is 1.68. The lowest BCUT2D eigenvalue weighted by atomic mass is 10.3. The number of aliphatic carboxylic acids is 1. The molecule has 0 atom stereocenters. The van der Waals surface area contributed by atoms with Gasteiger partial charge in [0.05, 0.1) is 0 Å². The first-order valence-corrected chi connectivity index (χ1v) is 6.86. The minimum atomic E-state index is -0.954. The van der Waals surface area contributed by atoms with Gasteiger partial charge in [-0.3, -0.25) is 9.69 Å². The minimum absolute atomic E-state index is 0.121. The Morgan fingerprint density at radius 3 is 2.58 bits per heavy atom. The van der Waals surface area contributed by atoms with Crippen LogP contribution in [0.1, 0.15) is 12.8 Å². The van der Waals surface area contributed by atoms with E-state index in [9.17, 15) is 9.59 Å². The van der Waals surface area contributed by atoms with Gasteiger partial charge in [-0.1, -0.05) is 0 Å². The molecule has 1 heterocycles. The molecule has 0 unspecified atom stereocenters. The van der Waals surface area contributed by atoms with Crippen LogP contribution < -0.4 is 10.6 Å². The summed E-state index contributed by atoms with van der Waals surface area (Å²) in [6.45, 7) is 5.15. The summed E-state index contributed by atoms with van der Waals surface area (Å²) in [5.41, 5.74) is 0. The van der Waals surface area contributed by atoms with E-state index in [1.54, 1.807) is 0 Å². The van der Waals surface area contributed by atoms with Crippen LogP contribution in [0.2, 0.25) is 0 Å². The molecular formula is C12H22N4O3. The van der Waals surface area contributed by atoms with Gasteiger partial charge in [0.15, 0.2) is 0 Å². The number of carbonyl (C=O) groups excluding carboxylic acids is 1. The summed E-state index contributed by atoms with van der Waals surface area (Å²) < 4.78 is 0. The van der Waals surface area contributed by atoms with Crippen LogP contribution in [0.15, 0.2) is 0 Å². The smallest absolute Gasteiger partial charge is 0.323 e. The molecule has 0 aromatic heterocycles. The molecule has 1 saturated heterocycles. The average molecular weight is 270 g/mol. The maximum absolute atomic E-state index is 11.9. The lowest BCUT2D eigenvalue weighted by Crippen LogP contribution is -2.49. The van der Waals surface area contributed by atoms with Crippen molar-refractivity contribution in [2.75, 3.05) is 45.8 Å². The lowest BCUT2D eigenvalue weighted by molar-refractivity contribution is -0.137. The maximum Gasteiger partial charge on any atom is 0.323 e. The second-order valence-corrected chi connectivity index (χ2v) is 5.08. The van der Waals surface area contributed by atoms with Crippen LogP contribution >= 0.6 is 0 Å². The number of urea groups is 1. The molecule has 3 N–H and O–H groups in total. The third-order valence-electron chi connectivity index (χ3n) is 3.47. The molecule has 19 heavy (non-hydrogen) atoms. The van der Waals surface area contributed by atoms with Crippen molar-refractivity contribution in [3.05, 3.63) is 0 Å². The van der Waals surface area contributed by atoms with Crippen LogP contribution in [0.25, 0.3) is 0 Å². The van der Waals surface area contributed by atoms with E-state index >= 15 is 0 Å². The molecule has 2 aliphatic rings. The molecule has 2 rings (SSSR count). The highest BCUT2D eigenvalue weighted by Crippen LogP contribution is 2.26. The third-order valence-corrected chi connectivity index (χ3v) is 3.47. The van der Waals surface area contributed by atoms with Gasteiger partial charge < -0.3 is 20.6 Å². The summed E-state index contributed by atoms with van der Waals surface area (Å²) in [7, 11) is 0. The number of amides is 2. The first-order chi connectivity index (χ1) is 9.16. The molecular weight excluding hydrogens is 248 g/mol. The van der Waals surface area contributed by atoms with Gasteiger partial charge in [-0.05, 0) is 12.8 Å². The van der Waals surface area contributed by atoms with E-state index in [1.165, 1.54) is 4.90 Å². The van der Waals surface area contributed by atoms with Crippen LogP contribution in [0, 0.1) is 0 Å². The van der Waals surface area contributed by atoms with Crippen molar-refractivity contribution in [2.45, 2.75) is 18.9 Å². The van der Waals surface area contributed by atoms with Gasteiger partial charge in [0, 0.05) is 45.3 Å². The number of hydrogen-bond acceptors (Lipinski definition) is 4. The highest BCUT2D eigenvalue weighted by Gasteiger charge is 2.33. The molecule has 2 amide bonds. The second-order valence-electron chi connectivity index (χ2n) is 5.08. The zero-order valence-corrected chi connectivity index (χ0v) is 11.1. The maximum atomic E-state index is 11.9. The molecule has 1 saturated carbocycles. The molecule has 0 aromatic carbocycles. The molecule has 1 aliphatic heterocycles. The van der Waals surface area contributed by atoms with Gasteiger partial charge in [-0.25, -0.2) is 4.79 Å². The molecule has 1 aliphatic carbocycles. The number of nitrogens with one attached hydrogen (secondary N) is 2. The quantitative estimate of drug-likeness (QED) is 0.585. The monoisotopic (exact) mass is 270 g/mol. The number of hydrogen-bond donors (Lipinski definition) is 3. The molecule has 0 bridgehead atoms. The van der Waals surface area contributed by atoms with Crippen LogP contribution in [0.5, 0.6) is 0 Å². The van der Waals surface area contributed by atoms with Gasteiger partial charge in [-0.2, -0.15) is 0 Å². The van der Waals surface area contributed by atoms with Crippen LogP contribution in [-0.2, 0) is 4.79 Å². The second kappa shape index (κ2) is 6.72. The predicted octanol–water partition coefficient (Wildman–Crippen LogP) is -0.850. The fourth-order valence-electron chi connectivity index (χ4n) is 2.26. The van der Waals surface area contributed by atoms with Gasteiger partial charge >= 0.3 is 12.0 Å². The Hall–Kier alpha value is -1.34. The van der Waals surface area contributed by atoms with Crippen molar-refractivity contribution in [3.8, 4) is 0 Å². The first kappa shape index (κ1) is 14.1. The van der Waals surface area contributed by atoms with Crippen molar-refractivity contribution in [1.29, 1.82) is 0 Å². The Morgan fingerprint density at radius 1 is 1.32 bits per heavy atom. The highest BCUT2D eigenvalue weighted by atomic mass is 16.4. The van der Waals surface area contributed by atoms with Gasteiger partial charge in [-0.15, -0.1) is 0 Å². The highest BCUT2D eigenvalue weighted by molar-refractivity contribution is 5.80. The topological polar surface area (TPSA) is 84.9 Å². The van der Waals surface area contributed by atoms with Gasteiger partial charge in [0.1, 0.15) is 6.54 Å². The standard InChI is InChI=1S/C12H22N4O3/c17-11(18)9-16(10-1-2-10)12(19)14-5-8-15-6-3-13-4-7-15/h10,13H,1-9H2,(H,14,19)(H,17,18). The minimum Gasteiger partial charge on any atom is -0.480 e. The zero-order chi connectivity index (χ0) is 13.7. The summed E-state index contributed by atoms with van der Waals surface area (Å²) in [5, 5.41) is 14.9. The van der Waals surface area contributed by atoms with Crippen LogP contribution in [0.3, 0.4) is 0 Å². The number of nitrogens with zero attached hydrogens (tertiary/aromatic N) is 2. The van der Waals surface area contributed by atoms with Crippen molar-refractivity contribution in [3.63, 3.8) is 0 Å². The predicted molar refractivity (Wildman–Crippen MR) is 70.1 cm³/mol. The molecule has 0 spiro atoms. The van der Waals surface area contributed by atoms with Crippen molar-refractivity contribution in [1.82, 2.24) is 20.4 Å². The zero-order valence-electron chi connectivity index (χ0n) is 11.1. The molecule has 0 aromatic rings. The largest absolute Gasteiger partial charge is 0.480 e. The molecule has 0 radical (unpaired) electrons. The number of carboxylic acids is 1. The van der Waals surface area contributed by atoms with E-state index in [1.807, 2.05) is 0 Å². The summed E-state index contributed by atoms with van der Waals surface area (Å²) in [6, 6.07) is -0.129. The Morgan fingerprint density at radius 2 is 2.00 bits per heavy atom. The Bertz CT molecular complexity index is 327. The molecule has 7 nitrogen and oxygen atoms in total. The SMILES string of the molecule is O=C(O)CN(C(=O)NCCN1CCNCC1)C1CC1. The Kier molecular flexibility index (Phi) is 4.98. The number of carbonyl (C=O) groups is 2. The molecule has 2 fully saturated rings. The summed E-state index contributed by atoms with van der Waals surface area (Å²) >= 11 is 0. The molecule has 108 valence electrons. The lowest BCUT2D eigenvalue weighted by Gasteiger charge is -2.27. The van der Waals surface area contributed by atoms with Crippen molar-refractivity contribution < 1.29 is 14.7 Å². The summed E-state index contributed by atoms with van der Waals surface area (Å²) in [5.74, 6) is -0.954. The number of piperazine rings is 1. The number of carboxylic acid groups (broad SMARTS) is 1. The first-order valence-electron chi connectivity index (χ1n) is 6.86. The van der Waals surface area contributed by atoms with E-state index in [2.05, 4.69) is 15.5 Å². The van der Waals surface area contributed by atoms with Crippen LogP contribution in [-0.4, -0.2) is 78.8 Å². The average Bonchev–Trinajstić information content (AvgIpc) is 3.21. The summed E-state index contributed by atoms with van der Waals surface area (Å²) in [6.07, 6.45) is 1.83. The van der Waals surface area contributed by atoms with Gasteiger partial charge in [0.2, 0.25) is 0 Å². The van der Waals surface area contributed by atoms with E-state index in [4.69, 9.17) is 5.11 Å². The fourth-order valence-corrected chi connectivity index (χ4v) is 2.26. The summed E-state index contributed by atoms with van der Waals surface area (Å²) in [4.78, 5) is 26.4. The van der Waals surface area contributed by atoms with Crippen LogP contribution in [0.4, 0.5) is 4.79 Å². The van der Waals surface area contributed by atoms with E-state index in [0.717, 1.165) is 45.6 Å². The van der Waals surface area contributed by atoms with E-state index in [-0.39, 0.29) is 18.6 Å². The fraction of sp³-hybridized carbons (Fsp3) is 0.833. The number of rotatable bonds is 6. The van der Waals surface area contributed by atoms with Crippen molar-refractivity contribution >= 4 is 12.0 Å². The molecule has 7 heteroatoms. The van der Waals surface area contributed by atoms with Crippen molar-refractivity contribution in [2.24, 2.45) is 0 Å². The van der Waals surface area contributed by atoms with E-state index < -0.39 is 5.97 Å². The van der Waals surface area contributed by atoms with Gasteiger partial charge in [0.25, 0.3) is 0 Å². The third kappa shape index (κ3) is 4.68. The van der Waals surface area contributed by atoms with E-state index in [0.29, 0.717) is 6.54 Å².